The van der Waals surface area contributed by atoms with Crippen molar-refractivity contribution in [2.45, 2.75) is 145 Å². The van der Waals surface area contributed by atoms with Crippen molar-refractivity contribution in [1.29, 1.82) is 0 Å². The molecular formula is C47H73N3O6. The Morgan fingerprint density at radius 1 is 0.946 bits per heavy atom. The molecule has 4 saturated carbocycles. The predicted molar refractivity (Wildman–Crippen MR) is 219 cm³/mol. The lowest BCUT2D eigenvalue weighted by atomic mass is 9.33. The van der Waals surface area contributed by atoms with Crippen LogP contribution in [0.2, 0.25) is 0 Å². The Morgan fingerprint density at radius 3 is 2.29 bits per heavy atom. The number of aliphatic hydroxyl groups excluding tert-OH is 1. The van der Waals surface area contributed by atoms with Crippen LogP contribution in [0, 0.1) is 56.2 Å². The van der Waals surface area contributed by atoms with E-state index in [0.717, 1.165) is 75.7 Å². The SMILES string of the molecule is CC(C)C1=C2[C@H]3CC[C@@H]4[C@@]5(C)CCC(OC(=O)CC(C)(C)C(=O)O)C(C)(C)[C@@H]5CC[C@@]4(C)[C@]3(C)CC[C@@]2([C@@H](O)CN(CCN(C)C)Cc2ccccn2)CC1=O. The molecule has 312 valence electrons. The van der Waals surface area contributed by atoms with Gasteiger partial charge in [0.1, 0.15) is 6.10 Å². The van der Waals surface area contributed by atoms with Crippen molar-refractivity contribution >= 4 is 17.7 Å². The van der Waals surface area contributed by atoms with Crippen molar-refractivity contribution in [3.63, 3.8) is 0 Å². The third kappa shape index (κ3) is 7.12. The molecule has 5 aliphatic rings. The minimum Gasteiger partial charge on any atom is -0.481 e. The lowest BCUT2D eigenvalue weighted by Crippen LogP contribution is -2.66. The molecule has 9 nitrogen and oxygen atoms in total. The monoisotopic (exact) mass is 776 g/mol. The van der Waals surface area contributed by atoms with E-state index in [1.807, 2.05) is 18.3 Å². The van der Waals surface area contributed by atoms with E-state index >= 15 is 0 Å². The molecule has 0 saturated heterocycles. The molecule has 0 spiro atoms. The Balaban J connectivity index is 1.29. The molecule has 9 heteroatoms. The van der Waals surface area contributed by atoms with Crippen molar-refractivity contribution in [2.75, 3.05) is 33.7 Å². The Labute approximate surface area is 337 Å². The normalized spacial score (nSPS) is 35.9. The van der Waals surface area contributed by atoms with Gasteiger partial charge in [0.05, 0.1) is 23.6 Å². The standard InChI is InChI=1S/C47H73N3O6/c1-30(2)39-33(51)26-47(36(52)29-50(25-24-49(10)11)28-31-14-12-13-23-48-31)22-21-45(8)32(40(39)47)15-16-35-44(7)19-18-37(56-38(53)27-42(3,4)41(54)55)43(5,6)34(44)17-20-46(35,45)9/h12-14,23,30,32,34-37,52H,15-22,24-29H2,1-11H3,(H,54,55)/t32-,34+,35-,36+,37?,44+,45-,46-,47+/m1/s1. The molecule has 0 aliphatic heterocycles. The molecule has 2 N–H and O–H groups in total. The van der Waals surface area contributed by atoms with E-state index in [4.69, 9.17) is 4.74 Å². The number of aliphatic carboxylic acids is 1. The molecule has 0 amide bonds. The number of aliphatic hydroxyl groups is 1. The van der Waals surface area contributed by atoms with Crippen LogP contribution in [-0.2, 0) is 25.7 Å². The molecule has 0 aromatic carbocycles. The number of Topliss-reactive ketones (excluding diaryl/α,β-unsaturated/α-hetero) is 1. The number of carboxylic acids is 1. The van der Waals surface area contributed by atoms with E-state index in [0.29, 0.717) is 31.3 Å². The van der Waals surface area contributed by atoms with E-state index in [1.54, 1.807) is 13.8 Å². The van der Waals surface area contributed by atoms with Crippen molar-refractivity contribution in [3.8, 4) is 0 Å². The summed E-state index contributed by atoms with van der Waals surface area (Å²) in [4.78, 5) is 48.4. The first-order valence-corrected chi connectivity index (χ1v) is 21.7. The number of fused-ring (bicyclic) bond motifs is 7. The zero-order chi connectivity index (χ0) is 41.2. The molecule has 0 radical (unpaired) electrons. The summed E-state index contributed by atoms with van der Waals surface area (Å²) in [5, 5.41) is 22.3. The molecule has 56 heavy (non-hydrogen) atoms. The van der Waals surface area contributed by atoms with Crippen LogP contribution in [0.4, 0.5) is 0 Å². The van der Waals surface area contributed by atoms with Crippen molar-refractivity contribution < 1.29 is 29.3 Å². The first-order valence-electron chi connectivity index (χ1n) is 21.7. The molecule has 1 heterocycles. The highest BCUT2D eigenvalue weighted by atomic mass is 16.5. The van der Waals surface area contributed by atoms with Crippen LogP contribution in [0.15, 0.2) is 35.5 Å². The molecule has 1 unspecified atom stereocenters. The second-order valence-electron chi connectivity index (χ2n) is 21.4. The molecule has 0 bridgehead atoms. The van der Waals surface area contributed by atoms with E-state index < -0.39 is 28.9 Å². The molecule has 1 aromatic rings. The van der Waals surface area contributed by atoms with E-state index in [-0.39, 0.29) is 51.8 Å². The van der Waals surface area contributed by atoms with Crippen LogP contribution in [0.3, 0.4) is 0 Å². The van der Waals surface area contributed by atoms with Crippen LogP contribution in [0.5, 0.6) is 0 Å². The maximum atomic E-state index is 14.3. The number of ketones is 1. The summed E-state index contributed by atoms with van der Waals surface area (Å²) in [7, 11) is 4.17. The van der Waals surface area contributed by atoms with Crippen LogP contribution in [0.1, 0.15) is 132 Å². The van der Waals surface area contributed by atoms with Gasteiger partial charge < -0.3 is 19.8 Å². The summed E-state index contributed by atoms with van der Waals surface area (Å²) in [6, 6.07) is 6.01. The topological polar surface area (TPSA) is 120 Å². The zero-order valence-corrected chi connectivity index (χ0v) is 36.5. The van der Waals surface area contributed by atoms with Crippen LogP contribution >= 0.6 is 0 Å². The van der Waals surface area contributed by atoms with Crippen molar-refractivity contribution in [2.24, 2.45) is 56.2 Å². The fraction of sp³-hybridized carbons (Fsp3) is 0.787. The maximum absolute atomic E-state index is 14.3. The molecule has 5 aliphatic carbocycles. The third-order valence-electron chi connectivity index (χ3n) is 16.9. The number of likely N-dealkylation sites (N-methyl/N-ethyl adjacent to an activating group) is 1. The number of carboxylic acid groups (broad SMARTS) is 1. The number of aromatic nitrogens is 1. The summed E-state index contributed by atoms with van der Waals surface area (Å²) < 4.78 is 6.19. The average molecular weight is 776 g/mol. The summed E-state index contributed by atoms with van der Waals surface area (Å²) in [5.41, 5.74) is 1.39. The van der Waals surface area contributed by atoms with Gasteiger partial charge in [-0.3, -0.25) is 24.3 Å². The van der Waals surface area contributed by atoms with Gasteiger partial charge in [-0.1, -0.05) is 60.1 Å². The second-order valence-corrected chi connectivity index (χ2v) is 21.4. The van der Waals surface area contributed by atoms with Gasteiger partial charge in [-0.15, -0.1) is 0 Å². The number of nitrogens with zero attached hydrogens (tertiary/aromatic N) is 3. The van der Waals surface area contributed by atoms with Gasteiger partial charge in [-0.25, -0.2) is 0 Å². The number of hydrogen-bond acceptors (Lipinski definition) is 8. The van der Waals surface area contributed by atoms with Crippen LogP contribution in [0.25, 0.3) is 0 Å². The Hall–Kier alpha value is -2.62. The number of esters is 1. The third-order valence-corrected chi connectivity index (χ3v) is 16.9. The first-order chi connectivity index (χ1) is 26.0. The van der Waals surface area contributed by atoms with Gasteiger partial charge in [0, 0.05) is 49.6 Å². The van der Waals surface area contributed by atoms with E-state index in [1.165, 1.54) is 5.57 Å². The number of carbonyl (C=O) groups excluding carboxylic acids is 2. The number of hydrogen-bond donors (Lipinski definition) is 2. The highest BCUT2D eigenvalue weighted by Crippen LogP contribution is 2.77. The van der Waals surface area contributed by atoms with Gasteiger partial charge in [-0.05, 0) is 137 Å². The number of rotatable bonds is 13. The lowest BCUT2D eigenvalue weighted by molar-refractivity contribution is -0.235. The summed E-state index contributed by atoms with van der Waals surface area (Å²) in [6.07, 6.45) is 9.00. The fourth-order valence-corrected chi connectivity index (χ4v) is 13.6. The molecule has 1 aromatic heterocycles. The lowest BCUT2D eigenvalue weighted by Gasteiger charge is -2.72. The Morgan fingerprint density at radius 2 is 1.66 bits per heavy atom. The number of carbonyl (C=O) groups is 3. The smallest absolute Gasteiger partial charge is 0.309 e. The highest BCUT2D eigenvalue weighted by Gasteiger charge is 2.71. The molecule has 9 atom stereocenters. The van der Waals surface area contributed by atoms with Gasteiger partial charge in [0.25, 0.3) is 0 Å². The summed E-state index contributed by atoms with van der Waals surface area (Å²) in [6.45, 7) is 22.6. The Kier molecular flexibility index (Phi) is 11.7. The summed E-state index contributed by atoms with van der Waals surface area (Å²) in [5.74, 6) is 0.0227. The van der Waals surface area contributed by atoms with Crippen molar-refractivity contribution in [1.82, 2.24) is 14.8 Å². The van der Waals surface area contributed by atoms with Gasteiger partial charge in [0.2, 0.25) is 0 Å². The molecular weight excluding hydrogens is 703 g/mol. The summed E-state index contributed by atoms with van der Waals surface area (Å²) >= 11 is 0. The van der Waals surface area contributed by atoms with Crippen molar-refractivity contribution in [3.05, 3.63) is 41.2 Å². The second kappa shape index (κ2) is 15.2. The minimum atomic E-state index is -1.17. The first kappa shape index (κ1) is 43.0. The average Bonchev–Trinajstić information content (AvgIpc) is 3.42. The van der Waals surface area contributed by atoms with Crippen LogP contribution in [-0.4, -0.2) is 88.7 Å². The zero-order valence-electron chi connectivity index (χ0n) is 36.5. The van der Waals surface area contributed by atoms with E-state index in [2.05, 4.69) is 83.4 Å². The van der Waals surface area contributed by atoms with Crippen LogP contribution < -0.4 is 0 Å². The maximum Gasteiger partial charge on any atom is 0.309 e. The van der Waals surface area contributed by atoms with Gasteiger partial charge >= 0.3 is 11.9 Å². The van der Waals surface area contributed by atoms with E-state index in [9.17, 15) is 24.6 Å². The number of pyridine rings is 1. The van der Waals surface area contributed by atoms with Gasteiger partial charge in [0.15, 0.2) is 5.78 Å². The quantitative estimate of drug-likeness (QED) is 0.191. The minimum absolute atomic E-state index is 0.0261. The highest BCUT2D eigenvalue weighted by molar-refractivity contribution is 6.00. The largest absolute Gasteiger partial charge is 0.481 e. The number of ether oxygens (including phenoxy) is 1. The molecule has 6 rings (SSSR count). The van der Waals surface area contributed by atoms with Gasteiger partial charge in [-0.2, -0.15) is 0 Å². The predicted octanol–water partition coefficient (Wildman–Crippen LogP) is 8.20. The molecule has 4 fully saturated rings. The Bertz CT molecular complexity index is 1690. The number of allylic oxidation sites excluding steroid dienone is 1. The fourth-order valence-electron chi connectivity index (χ4n) is 13.6.